The fourth-order valence-corrected chi connectivity index (χ4v) is 1.88. The molecule has 1 aromatic carbocycles. The van der Waals surface area contributed by atoms with Gasteiger partial charge in [0.15, 0.2) is 0 Å². The van der Waals surface area contributed by atoms with Gasteiger partial charge in [-0.1, -0.05) is 39.8 Å². The van der Waals surface area contributed by atoms with E-state index in [1.807, 2.05) is 30.9 Å². The van der Waals surface area contributed by atoms with Gasteiger partial charge in [-0.25, -0.2) is 0 Å². The van der Waals surface area contributed by atoms with Crippen LogP contribution in [-0.2, 0) is 4.79 Å². The van der Waals surface area contributed by atoms with Crippen LogP contribution in [0.2, 0.25) is 0 Å². The Labute approximate surface area is 111 Å². The van der Waals surface area contributed by atoms with Crippen LogP contribution in [-0.4, -0.2) is 12.5 Å². The van der Waals surface area contributed by atoms with Gasteiger partial charge >= 0.3 is 0 Å². The Bertz CT molecular complexity index is 409. The molecule has 1 rings (SSSR count). The molecule has 100 valence electrons. The molecule has 0 radical (unpaired) electrons. The van der Waals surface area contributed by atoms with Gasteiger partial charge < -0.3 is 4.90 Å². The normalized spacial score (nSPS) is 11.4. The van der Waals surface area contributed by atoms with Crippen molar-refractivity contribution in [1.29, 1.82) is 0 Å². The quantitative estimate of drug-likeness (QED) is 0.764. The third kappa shape index (κ3) is 3.34. The first-order valence-electron chi connectivity index (χ1n) is 6.81. The van der Waals surface area contributed by atoms with Gasteiger partial charge in [0.05, 0.1) is 0 Å². The van der Waals surface area contributed by atoms with Gasteiger partial charge in [0.25, 0.3) is 0 Å². The summed E-state index contributed by atoms with van der Waals surface area (Å²) in [6.45, 7) is 11.1. The van der Waals surface area contributed by atoms with Crippen LogP contribution in [0.1, 0.15) is 46.1 Å². The van der Waals surface area contributed by atoms with E-state index < -0.39 is 0 Å². The number of amides is 1. The Hall–Kier alpha value is -1.31. The molecule has 0 N–H and O–H groups in total. The zero-order valence-corrected chi connectivity index (χ0v) is 12.3. The second kappa shape index (κ2) is 6.03. The molecule has 0 aliphatic heterocycles. The summed E-state index contributed by atoms with van der Waals surface area (Å²) < 4.78 is 0. The minimum absolute atomic E-state index is 0.220. The van der Waals surface area contributed by atoms with E-state index in [9.17, 15) is 4.79 Å². The standard InChI is InChI=1S/C16H25NO/c1-6-11-17(15(18)16(4,5)7-2)14-10-8-9-13(3)12-14/h8-10,12H,6-7,11H2,1-5H3. The first-order chi connectivity index (χ1) is 8.42. The lowest BCUT2D eigenvalue weighted by molar-refractivity contribution is -0.126. The topological polar surface area (TPSA) is 20.3 Å². The molecule has 0 saturated heterocycles. The summed E-state index contributed by atoms with van der Waals surface area (Å²) in [5, 5.41) is 0. The van der Waals surface area contributed by atoms with Crippen LogP contribution in [0.3, 0.4) is 0 Å². The van der Waals surface area contributed by atoms with Crippen LogP contribution in [0.5, 0.6) is 0 Å². The zero-order chi connectivity index (χ0) is 13.8. The van der Waals surface area contributed by atoms with Crippen molar-refractivity contribution in [2.45, 2.75) is 47.5 Å². The predicted molar refractivity (Wildman–Crippen MR) is 77.9 cm³/mol. The van der Waals surface area contributed by atoms with E-state index in [4.69, 9.17) is 0 Å². The minimum atomic E-state index is -0.293. The van der Waals surface area contributed by atoms with Crippen molar-refractivity contribution < 1.29 is 4.79 Å². The summed E-state index contributed by atoms with van der Waals surface area (Å²) in [4.78, 5) is 14.6. The molecule has 0 aromatic heterocycles. The second-order valence-electron chi connectivity index (χ2n) is 5.53. The number of nitrogens with zero attached hydrogens (tertiary/aromatic N) is 1. The Kier molecular flexibility index (Phi) is 4.94. The van der Waals surface area contributed by atoms with Crippen molar-refractivity contribution in [3.8, 4) is 0 Å². The van der Waals surface area contributed by atoms with E-state index in [-0.39, 0.29) is 11.3 Å². The molecule has 0 aliphatic rings. The van der Waals surface area contributed by atoms with E-state index in [0.29, 0.717) is 0 Å². The molecule has 1 amide bonds. The molecule has 0 aliphatic carbocycles. The van der Waals surface area contributed by atoms with Gasteiger partial charge in [-0.2, -0.15) is 0 Å². The fraction of sp³-hybridized carbons (Fsp3) is 0.562. The predicted octanol–water partition coefficient (Wildman–Crippen LogP) is 4.17. The van der Waals surface area contributed by atoms with Crippen LogP contribution in [0, 0.1) is 12.3 Å². The Morgan fingerprint density at radius 2 is 1.94 bits per heavy atom. The summed E-state index contributed by atoms with van der Waals surface area (Å²) in [6.07, 6.45) is 1.83. The van der Waals surface area contributed by atoms with Crippen molar-refractivity contribution >= 4 is 11.6 Å². The molecule has 1 aromatic rings. The Balaban J connectivity index is 3.07. The molecule has 0 bridgehead atoms. The maximum absolute atomic E-state index is 12.6. The van der Waals surface area contributed by atoms with Crippen LogP contribution < -0.4 is 4.90 Å². The van der Waals surface area contributed by atoms with Crippen LogP contribution >= 0.6 is 0 Å². The number of benzene rings is 1. The maximum Gasteiger partial charge on any atom is 0.232 e. The third-order valence-electron chi connectivity index (χ3n) is 3.47. The van der Waals surface area contributed by atoms with E-state index in [1.54, 1.807) is 0 Å². The molecule has 2 nitrogen and oxygen atoms in total. The van der Waals surface area contributed by atoms with Crippen LogP contribution in [0.15, 0.2) is 24.3 Å². The highest BCUT2D eigenvalue weighted by molar-refractivity contribution is 5.97. The van der Waals surface area contributed by atoms with Crippen molar-refractivity contribution in [2.24, 2.45) is 5.41 Å². The van der Waals surface area contributed by atoms with Crippen molar-refractivity contribution in [3.63, 3.8) is 0 Å². The molecular weight excluding hydrogens is 222 g/mol. The molecule has 0 saturated carbocycles. The molecule has 0 unspecified atom stereocenters. The summed E-state index contributed by atoms with van der Waals surface area (Å²) >= 11 is 0. The zero-order valence-electron chi connectivity index (χ0n) is 12.3. The van der Waals surface area contributed by atoms with Crippen molar-refractivity contribution in [3.05, 3.63) is 29.8 Å². The molecule has 0 heterocycles. The number of hydrogen-bond donors (Lipinski definition) is 0. The van der Waals surface area contributed by atoms with E-state index >= 15 is 0 Å². The molecule has 0 spiro atoms. The van der Waals surface area contributed by atoms with E-state index in [2.05, 4.69) is 32.9 Å². The summed E-state index contributed by atoms with van der Waals surface area (Å²) in [6, 6.07) is 8.17. The molecule has 0 atom stereocenters. The van der Waals surface area contributed by atoms with Gasteiger partial charge in [0.2, 0.25) is 5.91 Å². The number of carbonyl (C=O) groups is 1. The number of hydrogen-bond acceptors (Lipinski definition) is 1. The average Bonchev–Trinajstić information content (AvgIpc) is 2.35. The van der Waals surface area contributed by atoms with Gasteiger partial charge in [-0.15, -0.1) is 0 Å². The molecule has 0 fully saturated rings. The van der Waals surface area contributed by atoms with Gasteiger partial charge in [-0.3, -0.25) is 4.79 Å². The highest BCUT2D eigenvalue weighted by Gasteiger charge is 2.30. The summed E-state index contributed by atoms with van der Waals surface area (Å²) in [5.74, 6) is 0.220. The highest BCUT2D eigenvalue weighted by Crippen LogP contribution is 2.27. The molecular formula is C16H25NO. The number of aryl methyl sites for hydroxylation is 1. The SMILES string of the molecule is CCCN(C(=O)C(C)(C)CC)c1cccc(C)c1. The first-order valence-corrected chi connectivity index (χ1v) is 6.81. The Morgan fingerprint density at radius 3 is 2.44 bits per heavy atom. The average molecular weight is 247 g/mol. The summed E-state index contributed by atoms with van der Waals surface area (Å²) in [7, 11) is 0. The number of anilines is 1. The minimum Gasteiger partial charge on any atom is -0.312 e. The first kappa shape index (κ1) is 14.7. The third-order valence-corrected chi connectivity index (χ3v) is 3.47. The summed E-state index contributed by atoms with van der Waals surface area (Å²) in [5.41, 5.74) is 1.91. The largest absolute Gasteiger partial charge is 0.312 e. The fourth-order valence-electron chi connectivity index (χ4n) is 1.88. The maximum atomic E-state index is 12.6. The second-order valence-corrected chi connectivity index (χ2v) is 5.53. The lowest BCUT2D eigenvalue weighted by Crippen LogP contribution is -2.41. The van der Waals surface area contributed by atoms with Gasteiger partial charge in [-0.05, 0) is 37.5 Å². The van der Waals surface area contributed by atoms with E-state index in [0.717, 1.165) is 25.1 Å². The number of rotatable bonds is 5. The van der Waals surface area contributed by atoms with E-state index in [1.165, 1.54) is 5.56 Å². The lowest BCUT2D eigenvalue weighted by atomic mass is 9.88. The van der Waals surface area contributed by atoms with Crippen molar-refractivity contribution in [1.82, 2.24) is 0 Å². The van der Waals surface area contributed by atoms with Crippen LogP contribution in [0.25, 0.3) is 0 Å². The highest BCUT2D eigenvalue weighted by atomic mass is 16.2. The molecule has 18 heavy (non-hydrogen) atoms. The monoisotopic (exact) mass is 247 g/mol. The van der Waals surface area contributed by atoms with Crippen LogP contribution in [0.4, 0.5) is 5.69 Å². The number of carbonyl (C=O) groups excluding carboxylic acids is 1. The smallest absolute Gasteiger partial charge is 0.232 e. The molecule has 2 heteroatoms. The van der Waals surface area contributed by atoms with Gasteiger partial charge in [0, 0.05) is 17.6 Å². The van der Waals surface area contributed by atoms with Gasteiger partial charge in [0.1, 0.15) is 0 Å². The lowest BCUT2D eigenvalue weighted by Gasteiger charge is -2.31. The Morgan fingerprint density at radius 1 is 1.28 bits per heavy atom. The van der Waals surface area contributed by atoms with Crippen molar-refractivity contribution in [2.75, 3.05) is 11.4 Å².